The van der Waals surface area contributed by atoms with Crippen molar-refractivity contribution in [1.82, 2.24) is 0 Å². The Balaban J connectivity index is 3.07. The zero-order valence-corrected chi connectivity index (χ0v) is 13.5. The summed E-state index contributed by atoms with van der Waals surface area (Å²) in [6, 6.07) is 4.53. The van der Waals surface area contributed by atoms with Gasteiger partial charge in [0, 0.05) is 17.7 Å². The fourth-order valence-corrected chi connectivity index (χ4v) is 2.85. The summed E-state index contributed by atoms with van der Waals surface area (Å²) in [6.45, 7) is 5.00. The molecule has 114 valence electrons. The van der Waals surface area contributed by atoms with E-state index in [0.717, 1.165) is 0 Å². The monoisotopic (exact) mass is 301 g/mol. The molecule has 0 amide bonds. The quantitative estimate of drug-likeness (QED) is 0.899. The molecule has 0 radical (unpaired) electrons. The van der Waals surface area contributed by atoms with Crippen molar-refractivity contribution in [3.63, 3.8) is 0 Å². The summed E-state index contributed by atoms with van der Waals surface area (Å²) in [7, 11) is -0.226. The topological polar surface area (TPSA) is 78.6 Å². The maximum atomic E-state index is 12.2. The minimum atomic E-state index is -3.30. The normalized spacial score (nSPS) is 13.9. The van der Waals surface area contributed by atoms with Gasteiger partial charge < -0.3 is 15.2 Å². The number of methoxy groups -OCH3 is 2. The average Bonchev–Trinajstić information content (AvgIpc) is 2.35. The lowest BCUT2D eigenvalue weighted by Crippen LogP contribution is -2.35. The largest absolute Gasteiger partial charge is 0.497 e. The van der Waals surface area contributed by atoms with Gasteiger partial charge in [-0.3, -0.25) is 0 Å². The van der Waals surface area contributed by atoms with Crippen LogP contribution >= 0.6 is 0 Å². The summed E-state index contributed by atoms with van der Waals surface area (Å²) in [5.74, 6) is 1.04. The zero-order chi connectivity index (χ0) is 15.6. The van der Waals surface area contributed by atoms with E-state index in [2.05, 4.69) is 0 Å². The van der Waals surface area contributed by atoms with Crippen molar-refractivity contribution in [2.75, 3.05) is 20.0 Å². The Kier molecular flexibility index (Phi) is 5.05. The van der Waals surface area contributed by atoms with E-state index in [0.29, 0.717) is 17.1 Å². The SMILES string of the molecule is COc1ccc(C(N)CS(=O)(=O)C(C)(C)C)c(OC)c1. The Morgan fingerprint density at radius 3 is 2.25 bits per heavy atom. The molecule has 1 atom stereocenters. The van der Waals surface area contributed by atoms with Gasteiger partial charge in [-0.25, -0.2) is 8.42 Å². The zero-order valence-electron chi connectivity index (χ0n) is 12.6. The van der Waals surface area contributed by atoms with Crippen molar-refractivity contribution in [3.8, 4) is 11.5 Å². The van der Waals surface area contributed by atoms with Crippen molar-refractivity contribution in [2.24, 2.45) is 5.73 Å². The number of hydrogen-bond donors (Lipinski definition) is 1. The van der Waals surface area contributed by atoms with Crippen LogP contribution in [0.15, 0.2) is 18.2 Å². The number of ether oxygens (including phenoxy) is 2. The van der Waals surface area contributed by atoms with Crippen LogP contribution in [0.3, 0.4) is 0 Å². The third-order valence-corrected chi connectivity index (χ3v) is 5.84. The summed E-state index contributed by atoms with van der Waals surface area (Å²) in [5.41, 5.74) is 6.70. The van der Waals surface area contributed by atoms with Crippen molar-refractivity contribution in [1.29, 1.82) is 0 Å². The fourth-order valence-electron chi connectivity index (χ4n) is 1.70. The highest BCUT2D eigenvalue weighted by Gasteiger charge is 2.31. The number of rotatable bonds is 5. The second-order valence-electron chi connectivity index (χ2n) is 5.61. The van der Waals surface area contributed by atoms with Crippen LogP contribution in [-0.4, -0.2) is 33.1 Å². The van der Waals surface area contributed by atoms with Gasteiger partial charge in [-0.15, -0.1) is 0 Å². The Morgan fingerprint density at radius 2 is 1.80 bits per heavy atom. The molecule has 0 fully saturated rings. The van der Waals surface area contributed by atoms with Crippen molar-refractivity contribution in [3.05, 3.63) is 23.8 Å². The molecule has 0 bridgehead atoms. The molecule has 5 nitrogen and oxygen atoms in total. The van der Waals surface area contributed by atoms with Crippen molar-refractivity contribution < 1.29 is 17.9 Å². The van der Waals surface area contributed by atoms with Crippen LogP contribution in [0, 0.1) is 0 Å². The Hall–Kier alpha value is -1.27. The maximum absolute atomic E-state index is 12.2. The van der Waals surface area contributed by atoms with E-state index in [-0.39, 0.29) is 5.75 Å². The molecule has 0 aliphatic carbocycles. The predicted octanol–water partition coefficient (Wildman–Crippen LogP) is 1.92. The summed E-state index contributed by atoms with van der Waals surface area (Å²) in [4.78, 5) is 0. The molecule has 0 aliphatic rings. The molecule has 1 unspecified atom stereocenters. The van der Waals surface area contributed by atoms with Crippen molar-refractivity contribution >= 4 is 9.84 Å². The molecule has 0 aliphatic heterocycles. The summed E-state index contributed by atoms with van der Waals surface area (Å²) in [5, 5.41) is 0. The van der Waals surface area contributed by atoms with Gasteiger partial charge in [0.15, 0.2) is 9.84 Å². The molecule has 0 spiro atoms. The first-order chi connectivity index (χ1) is 9.12. The molecule has 6 heteroatoms. The van der Waals surface area contributed by atoms with E-state index < -0.39 is 20.6 Å². The van der Waals surface area contributed by atoms with Gasteiger partial charge in [0.1, 0.15) is 11.5 Å². The highest BCUT2D eigenvalue weighted by Crippen LogP contribution is 2.30. The molecule has 0 saturated carbocycles. The standard InChI is InChI=1S/C14H23NO4S/c1-14(2,3)20(16,17)9-12(15)11-7-6-10(18-4)8-13(11)19-5/h6-8,12H,9,15H2,1-5H3. The van der Waals surface area contributed by atoms with Crippen LogP contribution in [-0.2, 0) is 9.84 Å². The van der Waals surface area contributed by atoms with Crippen LogP contribution in [0.5, 0.6) is 11.5 Å². The van der Waals surface area contributed by atoms with Gasteiger partial charge in [0.25, 0.3) is 0 Å². The van der Waals surface area contributed by atoms with Gasteiger partial charge in [0.05, 0.1) is 24.7 Å². The molecule has 1 rings (SSSR count). The molecular formula is C14H23NO4S. The number of benzene rings is 1. The fraction of sp³-hybridized carbons (Fsp3) is 0.571. The molecule has 0 saturated heterocycles. The van der Waals surface area contributed by atoms with E-state index >= 15 is 0 Å². The second-order valence-corrected chi connectivity index (χ2v) is 8.40. The lowest BCUT2D eigenvalue weighted by molar-refractivity contribution is 0.389. The van der Waals surface area contributed by atoms with Gasteiger partial charge in [-0.05, 0) is 26.8 Å². The maximum Gasteiger partial charge on any atom is 0.157 e. The lowest BCUT2D eigenvalue weighted by atomic mass is 10.1. The van der Waals surface area contributed by atoms with E-state index in [4.69, 9.17) is 15.2 Å². The molecule has 0 heterocycles. The number of hydrogen-bond acceptors (Lipinski definition) is 5. The first-order valence-corrected chi connectivity index (χ1v) is 7.97. The van der Waals surface area contributed by atoms with Gasteiger partial charge in [-0.2, -0.15) is 0 Å². The number of nitrogens with two attached hydrogens (primary N) is 1. The smallest absolute Gasteiger partial charge is 0.157 e. The van der Waals surface area contributed by atoms with Crippen LogP contribution in [0.1, 0.15) is 32.4 Å². The van der Waals surface area contributed by atoms with Gasteiger partial charge >= 0.3 is 0 Å². The minimum absolute atomic E-state index is 0.126. The van der Waals surface area contributed by atoms with Crippen LogP contribution in [0.2, 0.25) is 0 Å². The summed E-state index contributed by atoms with van der Waals surface area (Å²) in [6.07, 6.45) is 0. The molecule has 20 heavy (non-hydrogen) atoms. The highest BCUT2D eigenvalue weighted by atomic mass is 32.2. The molecule has 1 aromatic carbocycles. The Morgan fingerprint density at radius 1 is 1.20 bits per heavy atom. The van der Waals surface area contributed by atoms with Crippen LogP contribution in [0.4, 0.5) is 0 Å². The summed E-state index contributed by atoms with van der Waals surface area (Å²) < 4.78 is 34.0. The highest BCUT2D eigenvalue weighted by molar-refractivity contribution is 7.92. The lowest BCUT2D eigenvalue weighted by Gasteiger charge is -2.23. The third-order valence-electron chi connectivity index (χ3n) is 3.17. The average molecular weight is 301 g/mol. The Labute approximate surface area is 121 Å². The van der Waals surface area contributed by atoms with E-state index in [1.54, 1.807) is 46.1 Å². The first-order valence-electron chi connectivity index (χ1n) is 6.32. The van der Waals surface area contributed by atoms with Crippen LogP contribution < -0.4 is 15.2 Å². The number of sulfone groups is 1. The van der Waals surface area contributed by atoms with Gasteiger partial charge in [0.2, 0.25) is 0 Å². The van der Waals surface area contributed by atoms with Crippen LogP contribution in [0.25, 0.3) is 0 Å². The molecule has 0 aromatic heterocycles. The first kappa shape index (κ1) is 16.8. The third kappa shape index (κ3) is 3.64. The molecule has 1 aromatic rings. The van der Waals surface area contributed by atoms with E-state index in [9.17, 15) is 8.42 Å². The van der Waals surface area contributed by atoms with Crippen molar-refractivity contribution in [2.45, 2.75) is 31.6 Å². The van der Waals surface area contributed by atoms with E-state index in [1.807, 2.05) is 0 Å². The molecular weight excluding hydrogens is 278 g/mol. The van der Waals surface area contributed by atoms with Gasteiger partial charge in [-0.1, -0.05) is 6.07 Å². The second kappa shape index (κ2) is 6.01. The predicted molar refractivity (Wildman–Crippen MR) is 80.0 cm³/mol. The summed E-state index contributed by atoms with van der Waals surface area (Å²) >= 11 is 0. The minimum Gasteiger partial charge on any atom is -0.497 e. The molecule has 2 N–H and O–H groups in total. The Bertz CT molecular complexity index is 561. The van der Waals surface area contributed by atoms with E-state index in [1.165, 1.54) is 7.11 Å².